The highest BCUT2D eigenvalue weighted by Gasteiger charge is 2.27. The van der Waals surface area contributed by atoms with Crippen LogP contribution in [-0.2, 0) is 11.3 Å². The minimum atomic E-state index is -0.452. The Morgan fingerprint density at radius 1 is 1.06 bits per heavy atom. The second-order valence-electron chi connectivity index (χ2n) is 9.10. The van der Waals surface area contributed by atoms with Gasteiger partial charge in [0.15, 0.2) is 0 Å². The van der Waals surface area contributed by atoms with E-state index in [2.05, 4.69) is 29.2 Å². The lowest BCUT2D eigenvalue weighted by Crippen LogP contribution is -2.41. The number of hydrogen-bond acceptors (Lipinski definition) is 5. The van der Waals surface area contributed by atoms with E-state index in [9.17, 15) is 4.79 Å². The summed E-state index contributed by atoms with van der Waals surface area (Å²) in [7, 11) is 0. The van der Waals surface area contributed by atoms with Crippen molar-refractivity contribution in [2.45, 2.75) is 51.7 Å². The molecule has 1 fully saturated rings. The van der Waals surface area contributed by atoms with E-state index in [1.165, 1.54) is 5.56 Å². The normalized spacial score (nSPS) is 14.9. The standard InChI is InChI=1S/C26H30N2O3S/c1-26(2,3)31-25(29)28-15-13-20(14-16-28)19-9-11-22(12-10-19)30-18-23-17-27-24(32-23)21-7-5-4-6-8-21/h4-12,17,20H,13-16,18H2,1-3H3. The Hall–Kier alpha value is -2.86. The van der Waals surface area contributed by atoms with Gasteiger partial charge in [-0.25, -0.2) is 9.78 Å². The molecule has 4 rings (SSSR count). The first kappa shape index (κ1) is 22.3. The molecule has 32 heavy (non-hydrogen) atoms. The van der Waals surface area contributed by atoms with Crippen LogP contribution < -0.4 is 4.74 Å². The minimum Gasteiger partial charge on any atom is -0.488 e. The first-order chi connectivity index (χ1) is 15.4. The monoisotopic (exact) mass is 450 g/mol. The Morgan fingerprint density at radius 2 is 1.75 bits per heavy atom. The van der Waals surface area contributed by atoms with Crippen molar-refractivity contribution < 1.29 is 14.3 Å². The van der Waals surface area contributed by atoms with Crippen LogP contribution >= 0.6 is 11.3 Å². The molecule has 3 aromatic rings. The number of benzene rings is 2. The number of thiazole rings is 1. The van der Waals surface area contributed by atoms with Crippen molar-refractivity contribution >= 4 is 17.4 Å². The maximum atomic E-state index is 12.3. The van der Waals surface area contributed by atoms with E-state index in [0.29, 0.717) is 12.5 Å². The molecule has 0 atom stereocenters. The van der Waals surface area contributed by atoms with Crippen molar-refractivity contribution in [2.24, 2.45) is 0 Å². The molecular weight excluding hydrogens is 420 g/mol. The van der Waals surface area contributed by atoms with Gasteiger partial charge in [0.2, 0.25) is 0 Å². The molecule has 0 bridgehead atoms. The predicted octanol–water partition coefficient (Wildman–Crippen LogP) is 6.50. The van der Waals surface area contributed by atoms with Gasteiger partial charge in [-0.3, -0.25) is 0 Å². The third-order valence-corrected chi connectivity index (χ3v) is 6.47. The van der Waals surface area contributed by atoms with Gasteiger partial charge in [-0.1, -0.05) is 42.5 Å². The average molecular weight is 451 g/mol. The zero-order valence-electron chi connectivity index (χ0n) is 18.9. The van der Waals surface area contributed by atoms with Crippen molar-refractivity contribution in [2.75, 3.05) is 13.1 Å². The predicted molar refractivity (Wildman–Crippen MR) is 128 cm³/mol. The summed E-state index contributed by atoms with van der Waals surface area (Å²) in [5.74, 6) is 1.31. The molecule has 2 aromatic carbocycles. The highest BCUT2D eigenvalue weighted by molar-refractivity contribution is 7.15. The van der Waals surface area contributed by atoms with Crippen LogP contribution in [0.15, 0.2) is 60.8 Å². The molecule has 0 spiro atoms. The lowest BCUT2D eigenvalue weighted by molar-refractivity contribution is 0.0205. The second kappa shape index (κ2) is 9.74. The summed E-state index contributed by atoms with van der Waals surface area (Å²) in [4.78, 5) is 19.7. The van der Waals surface area contributed by atoms with E-state index < -0.39 is 5.60 Å². The van der Waals surface area contributed by atoms with E-state index >= 15 is 0 Å². The molecule has 0 radical (unpaired) electrons. The fraction of sp³-hybridized carbons (Fsp3) is 0.385. The van der Waals surface area contributed by atoms with Gasteiger partial charge in [0.25, 0.3) is 0 Å². The molecule has 1 aliphatic rings. The molecular formula is C26H30N2O3S. The van der Waals surface area contributed by atoms with Crippen LogP contribution in [-0.4, -0.2) is 34.7 Å². The number of hydrogen-bond donors (Lipinski definition) is 0. The number of carbonyl (C=O) groups is 1. The van der Waals surface area contributed by atoms with Gasteiger partial charge in [-0.05, 0) is 57.2 Å². The number of carbonyl (C=O) groups excluding carboxylic acids is 1. The molecule has 1 saturated heterocycles. The summed E-state index contributed by atoms with van der Waals surface area (Å²) in [6, 6.07) is 18.6. The van der Waals surface area contributed by atoms with E-state index in [4.69, 9.17) is 9.47 Å². The minimum absolute atomic E-state index is 0.210. The molecule has 5 nitrogen and oxygen atoms in total. The Labute approximate surface area is 194 Å². The summed E-state index contributed by atoms with van der Waals surface area (Å²) >= 11 is 1.66. The SMILES string of the molecule is CC(C)(C)OC(=O)N1CCC(c2ccc(OCc3cnc(-c4ccccc4)s3)cc2)CC1. The van der Waals surface area contributed by atoms with E-state index in [-0.39, 0.29) is 6.09 Å². The smallest absolute Gasteiger partial charge is 0.410 e. The summed E-state index contributed by atoms with van der Waals surface area (Å²) in [5, 5.41) is 1.01. The fourth-order valence-corrected chi connectivity index (χ4v) is 4.63. The lowest BCUT2D eigenvalue weighted by Gasteiger charge is -2.33. The van der Waals surface area contributed by atoms with Gasteiger partial charge in [0, 0.05) is 24.8 Å². The van der Waals surface area contributed by atoms with Crippen LogP contribution in [0.3, 0.4) is 0 Å². The summed E-state index contributed by atoms with van der Waals surface area (Å²) < 4.78 is 11.5. The Morgan fingerprint density at radius 3 is 2.41 bits per heavy atom. The zero-order valence-corrected chi connectivity index (χ0v) is 19.7. The van der Waals surface area contributed by atoms with Crippen LogP contribution in [0, 0.1) is 0 Å². The quantitative estimate of drug-likeness (QED) is 0.445. The Bertz CT molecular complexity index is 1020. The van der Waals surface area contributed by atoms with Crippen molar-refractivity contribution in [1.82, 2.24) is 9.88 Å². The second-order valence-corrected chi connectivity index (χ2v) is 10.2. The van der Waals surface area contributed by atoms with Crippen LogP contribution in [0.4, 0.5) is 4.79 Å². The Kier molecular flexibility index (Phi) is 6.80. The van der Waals surface area contributed by atoms with Gasteiger partial charge >= 0.3 is 6.09 Å². The number of rotatable bonds is 5. The van der Waals surface area contributed by atoms with Crippen molar-refractivity contribution in [3.8, 4) is 16.3 Å². The van der Waals surface area contributed by atoms with Crippen LogP contribution in [0.2, 0.25) is 0 Å². The first-order valence-corrected chi connectivity index (χ1v) is 11.9. The molecule has 1 amide bonds. The van der Waals surface area contributed by atoms with Crippen molar-refractivity contribution in [3.63, 3.8) is 0 Å². The molecule has 1 aliphatic heterocycles. The number of piperidine rings is 1. The summed E-state index contributed by atoms with van der Waals surface area (Å²) in [5.41, 5.74) is 1.97. The largest absolute Gasteiger partial charge is 0.488 e. The number of likely N-dealkylation sites (tertiary alicyclic amines) is 1. The summed E-state index contributed by atoms with van der Waals surface area (Å²) in [6.45, 7) is 7.67. The van der Waals surface area contributed by atoms with Crippen LogP contribution in [0.25, 0.3) is 10.6 Å². The Balaban J connectivity index is 1.27. The molecule has 0 N–H and O–H groups in total. The van der Waals surface area contributed by atoms with Gasteiger partial charge in [0.1, 0.15) is 23.0 Å². The highest BCUT2D eigenvalue weighted by Crippen LogP contribution is 2.30. The molecule has 0 aliphatic carbocycles. The van der Waals surface area contributed by atoms with E-state index in [1.807, 2.05) is 62.2 Å². The molecule has 0 unspecified atom stereocenters. The van der Waals surface area contributed by atoms with E-state index in [1.54, 1.807) is 11.3 Å². The molecule has 6 heteroatoms. The molecule has 1 aromatic heterocycles. The number of nitrogens with zero attached hydrogens (tertiary/aromatic N) is 2. The average Bonchev–Trinajstić information content (AvgIpc) is 3.27. The van der Waals surface area contributed by atoms with Crippen LogP contribution in [0.5, 0.6) is 5.75 Å². The third-order valence-electron chi connectivity index (χ3n) is 5.45. The zero-order chi connectivity index (χ0) is 22.6. The third kappa shape index (κ3) is 5.88. The fourth-order valence-electron chi connectivity index (χ4n) is 3.80. The van der Waals surface area contributed by atoms with E-state index in [0.717, 1.165) is 47.1 Å². The lowest BCUT2D eigenvalue weighted by atomic mass is 9.89. The summed E-state index contributed by atoms with van der Waals surface area (Å²) in [6.07, 6.45) is 3.57. The van der Waals surface area contributed by atoms with Crippen molar-refractivity contribution in [3.05, 3.63) is 71.2 Å². The number of aromatic nitrogens is 1. The van der Waals surface area contributed by atoms with Gasteiger partial charge in [-0.15, -0.1) is 11.3 Å². The maximum Gasteiger partial charge on any atom is 0.410 e. The molecule has 2 heterocycles. The number of amides is 1. The highest BCUT2D eigenvalue weighted by atomic mass is 32.1. The topological polar surface area (TPSA) is 51.7 Å². The van der Waals surface area contributed by atoms with Gasteiger partial charge in [-0.2, -0.15) is 0 Å². The van der Waals surface area contributed by atoms with Gasteiger partial charge < -0.3 is 14.4 Å². The van der Waals surface area contributed by atoms with Crippen LogP contribution in [0.1, 0.15) is 50.0 Å². The molecule has 168 valence electrons. The first-order valence-electron chi connectivity index (χ1n) is 11.1. The maximum absolute atomic E-state index is 12.3. The van der Waals surface area contributed by atoms with Crippen molar-refractivity contribution in [1.29, 1.82) is 0 Å². The van der Waals surface area contributed by atoms with Gasteiger partial charge in [0.05, 0.1) is 4.88 Å². The molecule has 0 saturated carbocycles. The number of ether oxygens (including phenoxy) is 2.